The number of carbonyl (C=O) groups excluding carboxylic acids is 1. The van der Waals surface area contributed by atoms with Crippen LogP contribution in [-0.2, 0) is 15.1 Å². The van der Waals surface area contributed by atoms with Crippen molar-refractivity contribution < 1.29 is 36.2 Å². The van der Waals surface area contributed by atoms with E-state index in [4.69, 9.17) is 10.6 Å². The molecule has 1 fully saturated rings. The van der Waals surface area contributed by atoms with E-state index in [-0.39, 0.29) is 34.1 Å². The Balaban J connectivity index is 0.00000288. The van der Waals surface area contributed by atoms with Crippen LogP contribution in [-0.4, -0.2) is 42.9 Å². The van der Waals surface area contributed by atoms with Crippen molar-refractivity contribution in [1.29, 1.82) is 0 Å². The number of nitrogens with two attached hydrogens (primary N) is 1. The Hall–Kier alpha value is -0.950. The normalized spacial score (nSPS) is 18.3. The van der Waals surface area contributed by atoms with Gasteiger partial charge in [0.05, 0.1) is 14.1 Å². The van der Waals surface area contributed by atoms with Crippen molar-refractivity contribution in [3.8, 4) is 0 Å². The summed E-state index contributed by atoms with van der Waals surface area (Å²) in [4.78, 5) is 12.7. The van der Waals surface area contributed by atoms with Crippen LogP contribution in [0.15, 0.2) is 30.3 Å². The molecule has 1 atom stereocenters. The number of ether oxygens (including phenoxy) is 1. The number of carbonyl (C=O) groups is 1. The summed E-state index contributed by atoms with van der Waals surface area (Å²) in [5, 5.41) is 11.3. The second kappa shape index (κ2) is 8.94. The van der Waals surface area contributed by atoms with Gasteiger partial charge in [-0.1, -0.05) is 49.6 Å². The van der Waals surface area contributed by atoms with Crippen molar-refractivity contribution in [3.05, 3.63) is 35.9 Å². The van der Waals surface area contributed by atoms with Crippen LogP contribution in [0.25, 0.3) is 0 Å². The molecule has 2 rings (SSSR count). The van der Waals surface area contributed by atoms with Crippen molar-refractivity contribution in [1.82, 2.24) is 0 Å². The minimum absolute atomic E-state index is 0. The lowest BCUT2D eigenvalue weighted by molar-refractivity contribution is -0.902. The van der Waals surface area contributed by atoms with E-state index in [1.165, 1.54) is 0 Å². The van der Waals surface area contributed by atoms with Gasteiger partial charge >= 0.3 is 5.97 Å². The highest BCUT2D eigenvalue weighted by Crippen LogP contribution is 2.40. The predicted octanol–water partition coefficient (Wildman–Crippen LogP) is -1.05. The molecule has 0 heterocycles. The van der Waals surface area contributed by atoms with E-state index < -0.39 is 11.6 Å². The number of quaternary nitrogens is 1. The first kappa shape index (κ1) is 21.1. The molecule has 0 radical (unpaired) electrons. The van der Waals surface area contributed by atoms with Crippen LogP contribution in [0.2, 0.25) is 0 Å². The molecule has 1 saturated carbocycles. The molecule has 0 amide bonds. The maximum atomic E-state index is 12.7. The summed E-state index contributed by atoms with van der Waals surface area (Å²) in [6.07, 6.45) is 4.94. The summed E-state index contributed by atoms with van der Waals surface area (Å²) in [6, 6.07) is 9.18. The maximum absolute atomic E-state index is 12.7. The highest BCUT2D eigenvalue weighted by atomic mass is 79.9. The van der Waals surface area contributed by atoms with Gasteiger partial charge in [0, 0.05) is 5.92 Å². The molecule has 0 saturated heterocycles. The Bertz CT molecular complexity index is 513. The van der Waals surface area contributed by atoms with Gasteiger partial charge in [-0.15, -0.1) is 0 Å². The number of benzene rings is 1. The number of hydrogen-bond acceptors (Lipinski definition) is 4. The highest BCUT2D eigenvalue weighted by Gasteiger charge is 2.47. The minimum atomic E-state index is -1.56. The molecule has 136 valence electrons. The second-order valence-electron chi connectivity index (χ2n) is 7.11. The van der Waals surface area contributed by atoms with Gasteiger partial charge in [0.15, 0.2) is 5.60 Å². The predicted molar refractivity (Wildman–Crippen MR) is 89.0 cm³/mol. The molecule has 1 aromatic rings. The van der Waals surface area contributed by atoms with Gasteiger partial charge in [-0.25, -0.2) is 4.79 Å². The lowest BCUT2D eigenvalue weighted by Gasteiger charge is -2.37. The maximum Gasteiger partial charge on any atom is 0.343 e. The SMILES string of the molecule is C[N+](C)(N)CCOC(=O)C(O)(c1ccccc1)C1CCCCC1.[Br-]. The quantitative estimate of drug-likeness (QED) is 0.276. The van der Waals surface area contributed by atoms with Crippen molar-refractivity contribution in [2.24, 2.45) is 11.8 Å². The second-order valence-corrected chi connectivity index (χ2v) is 7.11. The fourth-order valence-corrected chi connectivity index (χ4v) is 3.22. The molecule has 24 heavy (non-hydrogen) atoms. The summed E-state index contributed by atoms with van der Waals surface area (Å²) in [5.74, 6) is 5.23. The molecule has 0 aliphatic heterocycles. The molecule has 1 aliphatic carbocycles. The molecule has 0 aromatic heterocycles. The minimum Gasteiger partial charge on any atom is -1.00 e. The summed E-state index contributed by atoms with van der Waals surface area (Å²) >= 11 is 0. The summed E-state index contributed by atoms with van der Waals surface area (Å²) in [5.41, 5.74) is -0.939. The van der Waals surface area contributed by atoms with Crippen molar-refractivity contribution in [2.45, 2.75) is 37.7 Å². The molecule has 6 heteroatoms. The van der Waals surface area contributed by atoms with E-state index in [0.29, 0.717) is 12.1 Å². The smallest absolute Gasteiger partial charge is 0.343 e. The molecular formula is C18H29BrN2O3. The Kier molecular flexibility index (Phi) is 7.86. The van der Waals surface area contributed by atoms with Gasteiger partial charge in [-0.2, -0.15) is 5.84 Å². The van der Waals surface area contributed by atoms with Crippen LogP contribution in [0.5, 0.6) is 0 Å². The lowest BCUT2D eigenvalue weighted by Crippen LogP contribution is -3.00. The number of halogens is 1. The van der Waals surface area contributed by atoms with Crippen LogP contribution >= 0.6 is 0 Å². The zero-order valence-corrected chi connectivity index (χ0v) is 16.2. The van der Waals surface area contributed by atoms with Gasteiger partial charge in [-0.3, -0.25) is 4.59 Å². The molecule has 1 unspecified atom stereocenters. The molecule has 0 spiro atoms. The van der Waals surface area contributed by atoms with Crippen LogP contribution in [0.1, 0.15) is 37.7 Å². The van der Waals surface area contributed by atoms with E-state index in [9.17, 15) is 9.90 Å². The average Bonchev–Trinajstić information content (AvgIpc) is 2.54. The Morgan fingerprint density at radius 1 is 1.25 bits per heavy atom. The fourth-order valence-electron chi connectivity index (χ4n) is 3.22. The van der Waals surface area contributed by atoms with Gasteiger partial charge in [0.1, 0.15) is 13.2 Å². The first-order valence-corrected chi connectivity index (χ1v) is 8.41. The number of likely N-dealkylation sites (N-methyl/N-ethyl adjacent to an activating group) is 1. The first-order valence-electron chi connectivity index (χ1n) is 8.41. The molecule has 0 bridgehead atoms. The number of nitrogens with zero attached hydrogens (tertiary/aromatic N) is 1. The fraction of sp³-hybridized carbons (Fsp3) is 0.611. The third kappa shape index (κ3) is 5.28. The monoisotopic (exact) mass is 400 g/mol. The first-order chi connectivity index (χ1) is 10.8. The van der Waals surface area contributed by atoms with Gasteiger partial charge in [-0.05, 0) is 18.4 Å². The molecule has 1 aromatic carbocycles. The van der Waals surface area contributed by atoms with Crippen LogP contribution in [0, 0.1) is 5.92 Å². The number of hydrogen-bond donors (Lipinski definition) is 2. The topological polar surface area (TPSA) is 72.5 Å². The van der Waals surface area contributed by atoms with E-state index in [1.54, 1.807) is 12.1 Å². The third-order valence-electron chi connectivity index (χ3n) is 4.62. The zero-order valence-electron chi connectivity index (χ0n) is 14.6. The third-order valence-corrected chi connectivity index (χ3v) is 4.62. The molecule has 1 aliphatic rings. The van der Waals surface area contributed by atoms with E-state index in [1.807, 2.05) is 32.3 Å². The Labute approximate surface area is 155 Å². The highest BCUT2D eigenvalue weighted by molar-refractivity contribution is 5.81. The van der Waals surface area contributed by atoms with E-state index in [2.05, 4.69) is 0 Å². The van der Waals surface area contributed by atoms with Crippen molar-refractivity contribution >= 4 is 5.97 Å². The molecule has 3 N–H and O–H groups in total. The number of rotatable bonds is 6. The Morgan fingerprint density at radius 3 is 2.38 bits per heavy atom. The summed E-state index contributed by atoms with van der Waals surface area (Å²) in [7, 11) is 3.66. The van der Waals surface area contributed by atoms with E-state index in [0.717, 1.165) is 32.1 Å². The average molecular weight is 401 g/mol. The van der Waals surface area contributed by atoms with Gasteiger partial charge in [0.25, 0.3) is 0 Å². The van der Waals surface area contributed by atoms with Gasteiger partial charge in [0.2, 0.25) is 0 Å². The number of aliphatic hydroxyl groups is 1. The largest absolute Gasteiger partial charge is 1.00 e. The van der Waals surface area contributed by atoms with Crippen molar-refractivity contribution in [3.63, 3.8) is 0 Å². The van der Waals surface area contributed by atoms with Crippen LogP contribution in [0.4, 0.5) is 0 Å². The van der Waals surface area contributed by atoms with Crippen LogP contribution < -0.4 is 22.8 Å². The number of esters is 1. The Morgan fingerprint density at radius 2 is 1.83 bits per heavy atom. The molecular weight excluding hydrogens is 372 g/mol. The summed E-state index contributed by atoms with van der Waals surface area (Å²) < 4.78 is 5.63. The lowest BCUT2D eigenvalue weighted by atomic mass is 9.73. The van der Waals surface area contributed by atoms with Gasteiger partial charge < -0.3 is 26.8 Å². The summed E-state index contributed by atoms with van der Waals surface area (Å²) in [6.45, 7) is 0.700. The van der Waals surface area contributed by atoms with E-state index >= 15 is 0 Å². The van der Waals surface area contributed by atoms with Crippen LogP contribution in [0.3, 0.4) is 0 Å². The van der Waals surface area contributed by atoms with Crippen molar-refractivity contribution in [2.75, 3.05) is 27.2 Å². The molecule has 5 nitrogen and oxygen atoms in total. The zero-order chi connectivity index (χ0) is 16.9. The standard InChI is InChI=1S/C18H29N2O3.BrH/c1-20(2,19)13-14-23-17(21)18(22,15-9-5-3-6-10-15)16-11-7-4-8-12-16;/h3,5-6,9-10,16,22H,4,7-8,11-14,19H2,1-2H3;1H/q+1;/p-1.